The number of rotatable bonds is 8. The van der Waals surface area contributed by atoms with Crippen LogP contribution in [0.4, 0.5) is 0 Å². The van der Waals surface area contributed by atoms with Crippen LogP contribution in [0.5, 0.6) is 11.5 Å². The van der Waals surface area contributed by atoms with Gasteiger partial charge in [-0.1, -0.05) is 48.9 Å². The van der Waals surface area contributed by atoms with E-state index in [1.165, 1.54) is 5.56 Å². The molecule has 2 aromatic rings. The number of ether oxygens (including phenoxy) is 2. The molecule has 0 aromatic heterocycles. The maximum atomic E-state index is 12.2. The Morgan fingerprint density at radius 2 is 2.00 bits per heavy atom. The summed E-state index contributed by atoms with van der Waals surface area (Å²) in [5, 5.41) is 3.71. The molecule has 1 amide bonds. The molecule has 1 N–H and O–H groups in total. The lowest BCUT2D eigenvalue weighted by molar-refractivity contribution is -0.125. The van der Waals surface area contributed by atoms with Crippen LogP contribution >= 0.6 is 11.6 Å². The monoisotopic (exact) mass is 402 g/mol. The Balaban J connectivity index is 1.70. The van der Waals surface area contributed by atoms with Gasteiger partial charge in [-0.05, 0) is 30.0 Å². The van der Waals surface area contributed by atoms with Crippen LogP contribution in [0.2, 0.25) is 5.02 Å². The Kier molecular flexibility index (Phi) is 7.18. The van der Waals surface area contributed by atoms with E-state index in [1.54, 1.807) is 13.2 Å². The molecule has 5 nitrogen and oxygen atoms in total. The molecule has 0 aliphatic carbocycles. The largest absolute Gasteiger partial charge is 0.493 e. The Morgan fingerprint density at radius 1 is 1.21 bits per heavy atom. The predicted octanol–water partition coefficient (Wildman–Crippen LogP) is 3.68. The zero-order valence-electron chi connectivity index (χ0n) is 16.4. The molecule has 1 aliphatic heterocycles. The lowest BCUT2D eigenvalue weighted by atomic mass is 10.0. The smallest absolute Gasteiger partial charge is 0.234 e. The molecule has 0 spiro atoms. The van der Waals surface area contributed by atoms with Crippen LogP contribution in [0.3, 0.4) is 0 Å². The molecular weight excluding hydrogens is 376 g/mol. The lowest BCUT2D eigenvalue weighted by Crippen LogP contribution is -2.54. The van der Waals surface area contributed by atoms with Crippen LogP contribution in [0, 0.1) is 0 Å². The Morgan fingerprint density at radius 3 is 2.71 bits per heavy atom. The molecule has 0 unspecified atom stereocenters. The highest BCUT2D eigenvalue weighted by Crippen LogP contribution is 2.34. The highest BCUT2D eigenvalue weighted by atomic mass is 35.5. The molecule has 0 radical (unpaired) electrons. The number of nitrogens with one attached hydrogen (secondary N) is 1. The molecule has 150 valence electrons. The van der Waals surface area contributed by atoms with Gasteiger partial charge in [-0.2, -0.15) is 0 Å². The minimum Gasteiger partial charge on any atom is -0.493 e. The highest BCUT2D eigenvalue weighted by molar-refractivity contribution is 6.31. The normalized spacial score (nSPS) is 17.2. The average molecular weight is 403 g/mol. The van der Waals surface area contributed by atoms with Gasteiger partial charge in [0.05, 0.1) is 20.3 Å². The number of methoxy groups -OCH3 is 1. The van der Waals surface area contributed by atoms with Crippen molar-refractivity contribution in [3.63, 3.8) is 0 Å². The van der Waals surface area contributed by atoms with E-state index in [-0.39, 0.29) is 11.9 Å². The first kappa shape index (κ1) is 20.5. The minimum absolute atomic E-state index is 0.0400. The van der Waals surface area contributed by atoms with Crippen molar-refractivity contribution in [2.45, 2.75) is 32.4 Å². The Hall–Kier alpha value is -2.24. The lowest BCUT2D eigenvalue weighted by Gasteiger charge is -2.33. The number of nitrogens with zero attached hydrogens (tertiary/aromatic N) is 1. The highest BCUT2D eigenvalue weighted by Gasteiger charge is 2.25. The van der Waals surface area contributed by atoms with Gasteiger partial charge in [0, 0.05) is 30.2 Å². The molecule has 28 heavy (non-hydrogen) atoms. The molecule has 6 heteroatoms. The average Bonchev–Trinajstić information content (AvgIpc) is 2.68. The summed E-state index contributed by atoms with van der Waals surface area (Å²) < 4.78 is 11.2. The zero-order valence-corrected chi connectivity index (χ0v) is 17.2. The number of carbonyl (C=O) groups is 1. The van der Waals surface area contributed by atoms with Crippen molar-refractivity contribution in [1.82, 2.24) is 10.2 Å². The quantitative estimate of drug-likeness (QED) is 0.731. The fourth-order valence-corrected chi connectivity index (χ4v) is 3.67. The van der Waals surface area contributed by atoms with Gasteiger partial charge in [0.1, 0.15) is 0 Å². The molecule has 3 rings (SSSR count). The Bertz CT molecular complexity index is 798. The van der Waals surface area contributed by atoms with Gasteiger partial charge in [0.25, 0.3) is 0 Å². The van der Waals surface area contributed by atoms with E-state index in [0.29, 0.717) is 36.2 Å². The van der Waals surface area contributed by atoms with Gasteiger partial charge in [-0.15, -0.1) is 0 Å². The first-order valence-electron chi connectivity index (χ1n) is 9.64. The topological polar surface area (TPSA) is 50.8 Å². The van der Waals surface area contributed by atoms with Gasteiger partial charge in [0.2, 0.25) is 5.91 Å². The first-order chi connectivity index (χ1) is 13.6. The maximum absolute atomic E-state index is 12.2. The number of carbonyl (C=O) groups excluding carboxylic acids is 1. The van der Waals surface area contributed by atoms with Crippen LogP contribution in [-0.2, 0) is 17.8 Å². The number of halogens is 1. The van der Waals surface area contributed by atoms with E-state index in [9.17, 15) is 4.79 Å². The molecule has 0 bridgehead atoms. The number of benzene rings is 2. The number of piperazine rings is 1. The van der Waals surface area contributed by atoms with Crippen molar-refractivity contribution < 1.29 is 14.3 Å². The van der Waals surface area contributed by atoms with E-state index < -0.39 is 0 Å². The summed E-state index contributed by atoms with van der Waals surface area (Å²) in [5.41, 5.74) is 2.14. The van der Waals surface area contributed by atoms with Crippen LogP contribution in [-0.4, -0.2) is 43.7 Å². The van der Waals surface area contributed by atoms with Crippen molar-refractivity contribution in [2.75, 3.05) is 26.8 Å². The van der Waals surface area contributed by atoms with Crippen molar-refractivity contribution in [1.29, 1.82) is 0 Å². The standard InChI is InChI=1S/C22H27ClN2O3/c1-3-9-28-21-12-19(23)17(11-20(21)27-2)13-25-14-18(24-22(26)15-25)10-16-7-5-4-6-8-16/h4-8,11-12,18H,3,9-10,13-15H2,1-2H3,(H,24,26)/t18-/m0/s1. The zero-order chi connectivity index (χ0) is 19.9. The minimum atomic E-state index is 0.0400. The predicted molar refractivity (Wildman–Crippen MR) is 111 cm³/mol. The van der Waals surface area contributed by atoms with Crippen molar-refractivity contribution in [2.24, 2.45) is 0 Å². The summed E-state index contributed by atoms with van der Waals surface area (Å²) in [4.78, 5) is 14.3. The molecule has 1 fully saturated rings. The summed E-state index contributed by atoms with van der Waals surface area (Å²) >= 11 is 6.50. The summed E-state index contributed by atoms with van der Waals surface area (Å²) in [6.45, 7) is 4.38. The number of amides is 1. The fourth-order valence-electron chi connectivity index (χ4n) is 3.46. The molecular formula is C22H27ClN2O3. The van der Waals surface area contributed by atoms with Crippen LogP contribution in [0.1, 0.15) is 24.5 Å². The summed E-state index contributed by atoms with van der Waals surface area (Å²) in [6, 6.07) is 14.0. The molecule has 0 saturated carbocycles. The molecule has 1 aliphatic rings. The fraction of sp³-hybridized carbons (Fsp3) is 0.409. The molecule has 1 atom stereocenters. The van der Waals surface area contributed by atoms with E-state index >= 15 is 0 Å². The van der Waals surface area contributed by atoms with Crippen molar-refractivity contribution in [3.8, 4) is 11.5 Å². The third-order valence-corrected chi connectivity index (χ3v) is 5.08. The maximum Gasteiger partial charge on any atom is 0.234 e. The van der Waals surface area contributed by atoms with Gasteiger partial charge in [-0.3, -0.25) is 9.69 Å². The van der Waals surface area contributed by atoms with Crippen molar-refractivity contribution in [3.05, 3.63) is 58.6 Å². The Labute approximate surface area is 171 Å². The molecule has 1 heterocycles. The van der Waals surface area contributed by atoms with E-state index in [4.69, 9.17) is 21.1 Å². The summed E-state index contributed by atoms with van der Waals surface area (Å²) in [6.07, 6.45) is 1.72. The van der Waals surface area contributed by atoms with Crippen molar-refractivity contribution >= 4 is 17.5 Å². The summed E-state index contributed by atoms with van der Waals surface area (Å²) in [5.74, 6) is 1.35. The molecule has 1 saturated heterocycles. The third kappa shape index (κ3) is 5.40. The van der Waals surface area contributed by atoms with Crippen LogP contribution < -0.4 is 14.8 Å². The molecule has 2 aromatic carbocycles. The van der Waals surface area contributed by atoms with Gasteiger partial charge >= 0.3 is 0 Å². The van der Waals surface area contributed by atoms with Crippen LogP contribution in [0.25, 0.3) is 0 Å². The van der Waals surface area contributed by atoms with Gasteiger partial charge in [-0.25, -0.2) is 0 Å². The second kappa shape index (κ2) is 9.80. The van der Waals surface area contributed by atoms with Gasteiger partial charge < -0.3 is 14.8 Å². The van der Waals surface area contributed by atoms with Crippen LogP contribution in [0.15, 0.2) is 42.5 Å². The summed E-state index contributed by atoms with van der Waals surface area (Å²) in [7, 11) is 1.62. The van der Waals surface area contributed by atoms with E-state index in [0.717, 1.165) is 24.9 Å². The third-order valence-electron chi connectivity index (χ3n) is 4.72. The van der Waals surface area contributed by atoms with Gasteiger partial charge in [0.15, 0.2) is 11.5 Å². The van der Waals surface area contributed by atoms with E-state index in [1.807, 2.05) is 24.3 Å². The first-order valence-corrected chi connectivity index (χ1v) is 10.0. The number of hydrogen-bond donors (Lipinski definition) is 1. The second-order valence-electron chi connectivity index (χ2n) is 7.07. The second-order valence-corrected chi connectivity index (χ2v) is 7.47. The van der Waals surface area contributed by atoms with E-state index in [2.05, 4.69) is 29.3 Å². The number of hydrogen-bond acceptors (Lipinski definition) is 4. The SMILES string of the molecule is CCCOc1cc(Cl)c(CN2CC(=O)N[C@@H](Cc3ccccc3)C2)cc1OC.